The Hall–Kier alpha value is -2.34. The Balaban J connectivity index is 2.14. The summed E-state index contributed by atoms with van der Waals surface area (Å²) < 4.78 is 0. The topological polar surface area (TPSA) is 0 Å². The summed E-state index contributed by atoms with van der Waals surface area (Å²) in [7, 11) is 0. The molecule has 0 aromatic heterocycles. The second-order valence-electron chi connectivity index (χ2n) is 6.30. The Morgan fingerprint density at radius 1 is 0.696 bits per heavy atom. The van der Waals surface area contributed by atoms with Gasteiger partial charge in [0.05, 0.1) is 0 Å². The van der Waals surface area contributed by atoms with Gasteiger partial charge in [-0.2, -0.15) is 0 Å². The normalized spacial score (nSPS) is 10.7. The van der Waals surface area contributed by atoms with Crippen LogP contribution in [0.3, 0.4) is 0 Å². The first-order chi connectivity index (χ1) is 11.2. The van der Waals surface area contributed by atoms with Crippen LogP contribution in [0.15, 0.2) is 66.7 Å². The molecule has 0 spiro atoms. The predicted molar refractivity (Wildman–Crippen MR) is 101 cm³/mol. The molecule has 0 aliphatic rings. The molecule has 0 fully saturated rings. The van der Waals surface area contributed by atoms with E-state index in [1.165, 1.54) is 45.4 Å². The van der Waals surface area contributed by atoms with E-state index in [4.69, 9.17) is 0 Å². The lowest BCUT2D eigenvalue weighted by Gasteiger charge is -2.14. The van der Waals surface area contributed by atoms with Gasteiger partial charge in [-0.15, -0.1) is 0 Å². The summed E-state index contributed by atoms with van der Waals surface area (Å²) in [6, 6.07) is 24.4. The van der Waals surface area contributed by atoms with E-state index < -0.39 is 0 Å². The van der Waals surface area contributed by atoms with Gasteiger partial charge < -0.3 is 0 Å². The van der Waals surface area contributed by atoms with Crippen LogP contribution in [0, 0.1) is 13.8 Å². The van der Waals surface area contributed by atoms with Crippen molar-refractivity contribution in [2.24, 2.45) is 0 Å². The average molecular weight is 300 g/mol. The summed E-state index contributed by atoms with van der Waals surface area (Å²) in [5.74, 6) is 0. The summed E-state index contributed by atoms with van der Waals surface area (Å²) in [5, 5.41) is 0. The van der Waals surface area contributed by atoms with Crippen molar-refractivity contribution in [3.05, 3.63) is 83.4 Å². The Morgan fingerprint density at radius 2 is 1.39 bits per heavy atom. The zero-order chi connectivity index (χ0) is 16.2. The molecular formula is C23H24. The van der Waals surface area contributed by atoms with Crippen LogP contribution in [0.1, 0.15) is 30.0 Å². The third kappa shape index (κ3) is 3.37. The highest BCUT2D eigenvalue weighted by molar-refractivity contribution is 5.77. The molecule has 0 N–H and O–H groups in total. The molecule has 0 saturated heterocycles. The lowest BCUT2D eigenvalue weighted by atomic mass is 9.90. The third-order valence-corrected chi connectivity index (χ3v) is 4.45. The van der Waals surface area contributed by atoms with Gasteiger partial charge in [-0.05, 0) is 59.7 Å². The molecule has 0 aliphatic heterocycles. The first kappa shape index (κ1) is 15.6. The minimum absolute atomic E-state index is 1.12. The summed E-state index contributed by atoms with van der Waals surface area (Å²) in [6.45, 7) is 6.58. The van der Waals surface area contributed by atoms with Crippen LogP contribution in [0.4, 0.5) is 0 Å². The maximum Gasteiger partial charge on any atom is -0.0143 e. The lowest BCUT2D eigenvalue weighted by molar-refractivity contribution is 0.923. The van der Waals surface area contributed by atoms with Crippen molar-refractivity contribution in [2.45, 2.75) is 33.6 Å². The quantitative estimate of drug-likeness (QED) is 0.510. The molecule has 0 atom stereocenters. The van der Waals surface area contributed by atoms with Gasteiger partial charge in [-0.1, -0.05) is 79.6 Å². The smallest absolute Gasteiger partial charge is 0.0143 e. The van der Waals surface area contributed by atoms with Crippen LogP contribution in [0.2, 0.25) is 0 Å². The standard InChI is InChI=1S/C23H24/c1-4-7-20-14-15-21(19-12-10-17(2)11-13-19)16-23(20)22-9-6-5-8-18(22)3/h5-6,8-16H,4,7H2,1-3H3. The molecule has 3 aromatic carbocycles. The highest BCUT2D eigenvalue weighted by Crippen LogP contribution is 2.32. The van der Waals surface area contributed by atoms with Crippen molar-refractivity contribution in [2.75, 3.05) is 0 Å². The van der Waals surface area contributed by atoms with E-state index in [0.29, 0.717) is 0 Å². The van der Waals surface area contributed by atoms with Crippen LogP contribution in [0.25, 0.3) is 22.3 Å². The predicted octanol–water partition coefficient (Wildman–Crippen LogP) is 6.59. The molecule has 0 heterocycles. The number of hydrogen-bond donors (Lipinski definition) is 0. The molecule has 0 aliphatic carbocycles. The molecule has 0 nitrogen and oxygen atoms in total. The van der Waals surface area contributed by atoms with Crippen molar-refractivity contribution < 1.29 is 0 Å². The fourth-order valence-corrected chi connectivity index (χ4v) is 3.12. The summed E-state index contributed by atoms with van der Waals surface area (Å²) in [5.41, 5.74) is 9.39. The molecule has 0 radical (unpaired) electrons. The SMILES string of the molecule is CCCc1ccc(-c2ccc(C)cc2)cc1-c1ccccc1C. The second kappa shape index (κ2) is 6.83. The fraction of sp³-hybridized carbons (Fsp3) is 0.217. The van der Waals surface area contributed by atoms with Crippen LogP contribution in [-0.4, -0.2) is 0 Å². The van der Waals surface area contributed by atoms with Gasteiger partial charge in [0.15, 0.2) is 0 Å². The Bertz CT molecular complexity index is 795. The van der Waals surface area contributed by atoms with Crippen molar-refractivity contribution in [3.63, 3.8) is 0 Å². The van der Waals surface area contributed by atoms with Crippen molar-refractivity contribution in [3.8, 4) is 22.3 Å². The van der Waals surface area contributed by atoms with Gasteiger partial charge in [-0.3, -0.25) is 0 Å². The van der Waals surface area contributed by atoms with E-state index in [1.54, 1.807) is 0 Å². The lowest BCUT2D eigenvalue weighted by Crippen LogP contribution is -1.93. The van der Waals surface area contributed by atoms with Gasteiger partial charge >= 0.3 is 0 Å². The molecule has 0 unspecified atom stereocenters. The summed E-state index contributed by atoms with van der Waals surface area (Å²) >= 11 is 0. The average Bonchev–Trinajstić information content (AvgIpc) is 2.57. The van der Waals surface area contributed by atoms with E-state index in [0.717, 1.165) is 6.42 Å². The fourth-order valence-electron chi connectivity index (χ4n) is 3.12. The largest absolute Gasteiger partial charge is 0.0651 e. The Kier molecular flexibility index (Phi) is 4.62. The van der Waals surface area contributed by atoms with Crippen LogP contribution in [-0.2, 0) is 6.42 Å². The molecule has 0 heteroatoms. The third-order valence-electron chi connectivity index (χ3n) is 4.45. The highest BCUT2D eigenvalue weighted by Gasteiger charge is 2.09. The molecule has 23 heavy (non-hydrogen) atoms. The van der Waals surface area contributed by atoms with Crippen LogP contribution in [0.5, 0.6) is 0 Å². The van der Waals surface area contributed by atoms with Crippen molar-refractivity contribution in [1.82, 2.24) is 0 Å². The molecule has 0 saturated carbocycles. The molecule has 0 amide bonds. The second-order valence-corrected chi connectivity index (χ2v) is 6.30. The van der Waals surface area contributed by atoms with Gasteiger partial charge in [-0.25, -0.2) is 0 Å². The van der Waals surface area contributed by atoms with Crippen molar-refractivity contribution in [1.29, 1.82) is 0 Å². The van der Waals surface area contributed by atoms with E-state index >= 15 is 0 Å². The minimum atomic E-state index is 1.12. The van der Waals surface area contributed by atoms with E-state index in [2.05, 4.69) is 87.5 Å². The van der Waals surface area contributed by atoms with Gasteiger partial charge in [0, 0.05) is 0 Å². The van der Waals surface area contributed by atoms with Gasteiger partial charge in [0.25, 0.3) is 0 Å². The zero-order valence-corrected chi connectivity index (χ0v) is 14.3. The molecule has 3 rings (SSSR count). The Labute approximate surface area is 139 Å². The maximum absolute atomic E-state index is 2.36. The molecule has 116 valence electrons. The van der Waals surface area contributed by atoms with E-state index in [1.807, 2.05) is 0 Å². The maximum atomic E-state index is 2.36. The number of rotatable bonds is 4. The highest BCUT2D eigenvalue weighted by atomic mass is 14.1. The Morgan fingerprint density at radius 3 is 2.09 bits per heavy atom. The minimum Gasteiger partial charge on any atom is -0.0651 e. The molecular weight excluding hydrogens is 276 g/mol. The summed E-state index contributed by atoms with van der Waals surface area (Å²) in [6.07, 6.45) is 2.29. The number of hydrogen-bond acceptors (Lipinski definition) is 0. The van der Waals surface area contributed by atoms with E-state index in [9.17, 15) is 0 Å². The summed E-state index contributed by atoms with van der Waals surface area (Å²) in [4.78, 5) is 0. The monoisotopic (exact) mass is 300 g/mol. The first-order valence-corrected chi connectivity index (χ1v) is 8.45. The van der Waals surface area contributed by atoms with E-state index in [-0.39, 0.29) is 0 Å². The molecule has 0 bridgehead atoms. The molecule has 3 aromatic rings. The van der Waals surface area contributed by atoms with Crippen LogP contribution < -0.4 is 0 Å². The number of aryl methyl sites for hydroxylation is 3. The van der Waals surface area contributed by atoms with Gasteiger partial charge in [0.1, 0.15) is 0 Å². The number of benzene rings is 3. The zero-order valence-electron chi connectivity index (χ0n) is 14.3. The van der Waals surface area contributed by atoms with Gasteiger partial charge in [0.2, 0.25) is 0 Å². The van der Waals surface area contributed by atoms with Crippen molar-refractivity contribution >= 4 is 0 Å². The first-order valence-electron chi connectivity index (χ1n) is 8.45. The van der Waals surface area contributed by atoms with Crippen LogP contribution >= 0.6 is 0 Å².